The van der Waals surface area contributed by atoms with Crippen LogP contribution >= 0.6 is 0 Å². The molecule has 0 unspecified atom stereocenters. The average Bonchev–Trinajstić information content (AvgIpc) is 2.71. The molecule has 6 nitrogen and oxygen atoms in total. The van der Waals surface area contributed by atoms with Gasteiger partial charge in [-0.1, -0.05) is 19.4 Å². The third-order valence-electron chi connectivity index (χ3n) is 3.12. The predicted octanol–water partition coefficient (Wildman–Crippen LogP) is 1.91. The number of carbonyl (C=O) groups is 3. The molecular formula is C15H22O6. The molecule has 0 amide bonds. The summed E-state index contributed by atoms with van der Waals surface area (Å²) >= 11 is 0. The van der Waals surface area contributed by atoms with Crippen LogP contribution in [-0.2, 0) is 28.6 Å². The van der Waals surface area contributed by atoms with Crippen molar-refractivity contribution in [2.75, 3.05) is 13.2 Å². The largest absolute Gasteiger partial charge is 0.460 e. The second-order valence-corrected chi connectivity index (χ2v) is 5.12. The first-order valence-corrected chi connectivity index (χ1v) is 7.16. The van der Waals surface area contributed by atoms with Crippen molar-refractivity contribution in [3.8, 4) is 0 Å². The van der Waals surface area contributed by atoms with Gasteiger partial charge in [-0.2, -0.15) is 0 Å². The molecule has 0 aliphatic heterocycles. The molecule has 0 aromatic carbocycles. The van der Waals surface area contributed by atoms with Gasteiger partial charge in [0.2, 0.25) is 0 Å². The number of esters is 3. The molecule has 0 spiro atoms. The van der Waals surface area contributed by atoms with E-state index in [1.165, 1.54) is 6.92 Å². The van der Waals surface area contributed by atoms with Gasteiger partial charge in [0, 0.05) is 5.57 Å². The topological polar surface area (TPSA) is 78.9 Å². The molecule has 1 aliphatic carbocycles. The lowest BCUT2D eigenvalue weighted by atomic mass is 10.1. The molecule has 0 bridgehead atoms. The zero-order valence-corrected chi connectivity index (χ0v) is 12.4. The van der Waals surface area contributed by atoms with E-state index in [2.05, 4.69) is 16.1 Å². The van der Waals surface area contributed by atoms with Crippen molar-refractivity contribution in [3.63, 3.8) is 0 Å². The molecule has 21 heavy (non-hydrogen) atoms. The summed E-state index contributed by atoms with van der Waals surface area (Å²) in [5, 5.41) is 0. The van der Waals surface area contributed by atoms with Crippen molar-refractivity contribution in [2.24, 2.45) is 0 Å². The van der Waals surface area contributed by atoms with Crippen molar-refractivity contribution >= 4 is 17.9 Å². The van der Waals surface area contributed by atoms with Crippen molar-refractivity contribution in [1.82, 2.24) is 0 Å². The Kier molecular flexibility index (Phi) is 7.50. The highest BCUT2D eigenvalue weighted by molar-refractivity contribution is 5.88. The van der Waals surface area contributed by atoms with Gasteiger partial charge in [0.25, 0.3) is 0 Å². The zero-order chi connectivity index (χ0) is 15.7. The molecule has 0 heterocycles. The van der Waals surface area contributed by atoms with E-state index in [0.29, 0.717) is 0 Å². The molecule has 0 N–H and O–H groups in total. The predicted molar refractivity (Wildman–Crippen MR) is 74.3 cm³/mol. The molecule has 1 saturated carbocycles. The van der Waals surface area contributed by atoms with E-state index in [1.54, 1.807) is 0 Å². The second kappa shape index (κ2) is 9.15. The average molecular weight is 298 g/mol. The fraction of sp³-hybridized carbons (Fsp3) is 0.667. The summed E-state index contributed by atoms with van der Waals surface area (Å²) in [6.07, 6.45) is 6.06. The monoisotopic (exact) mass is 298 g/mol. The summed E-state index contributed by atoms with van der Waals surface area (Å²) in [4.78, 5) is 33.9. The fourth-order valence-electron chi connectivity index (χ4n) is 2.01. The summed E-state index contributed by atoms with van der Waals surface area (Å²) in [6, 6.07) is 0. The highest BCUT2D eigenvalue weighted by atomic mass is 16.6. The first-order valence-electron chi connectivity index (χ1n) is 7.16. The SMILES string of the molecule is C=C(C)C(=O)OCC(=O)OCC(=O)OC1CCCCCC1. The number of hydrogen-bond acceptors (Lipinski definition) is 6. The zero-order valence-electron chi connectivity index (χ0n) is 12.4. The normalized spacial score (nSPS) is 15.7. The maximum Gasteiger partial charge on any atom is 0.344 e. The van der Waals surface area contributed by atoms with Gasteiger partial charge >= 0.3 is 17.9 Å². The van der Waals surface area contributed by atoms with E-state index in [-0.39, 0.29) is 11.7 Å². The molecule has 6 heteroatoms. The minimum absolute atomic E-state index is 0.0834. The van der Waals surface area contributed by atoms with Gasteiger partial charge in [0.15, 0.2) is 13.2 Å². The van der Waals surface area contributed by atoms with Gasteiger partial charge in [-0.3, -0.25) is 0 Å². The molecule has 1 fully saturated rings. The molecule has 0 saturated heterocycles. The molecule has 118 valence electrons. The molecular weight excluding hydrogens is 276 g/mol. The maximum atomic E-state index is 11.6. The Bertz CT molecular complexity index is 393. The van der Waals surface area contributed by atoms with Gasteiger partial charge in [-0.25, -0.2) is 14.4 Å². The van der Waals surface area contributed by atoms with Crippen molar-refractivity contribution in [1.29, 1.82) is 0 Å². The van der Waals surface area contributed by atoms with Crippen LogP contribution in [0.2, 0.25) is 0 Å². The van der Waals surface area contributed by atoms with Gasteiger partial charge in [0.05, 0.1) is 0 Å². The lowest BCUT2D eigenvalue weighted by Gasteiger charge is -2.15. The van der Waals surface area contributed by atoms with Crippen LogP contribution in [0.5, 0.6) is 0 Å². The van der Waals surface area contributed by atoms with Gasteiger partial charge < -0.3 is 14.2 Å². The lowest BCUT2D eigenvalue weighted by molar-refractivity contribution is -0.166. The number of rotatable bonds is 6. The Morgan fingerprint density at radius 1 is 0.952 bits per heavy atom. The van der Waals surface area contributed by atoms with Crippen LogP contribution in [0.15, 0.2) is 12.2 Å². The van der Waals surface area contributed by atoms with E-state index in [9.17, 15) is 14.4 Å². The summed E-state index contributed by atoms with van der Waals surface area (Å²) in [6.45, 7) is 3.85. The highest BCUT2D eigenvalue weighted by Gasteiger charge is 2.18. The number of carbonyl (C=O) groups excluding carboxylic acids is 3. The molecule has 0 aromatic heterocycles. The molecule has 0 atom stereocenters. The summed E-state index contributed by atoms with van der Waals surface area (Å²) < 4.78 is 14.5. The summed E-state index contributed by atoms with van der Waals surface area (Å²) in [5.74, 6) is -2.03. The van der Waals surface area contributed by atoms with E-state index in [0.717, 1.165) is 38.5 Å². The Labute approximate surface area is 124 Å². The van der Waals surface area contributed by atoms with Crippen LogP contribution in [0.3, 0.4) is 0 Å². The van der Waals surface area contributed by atoms with Crippen molar-refractivity contribution in [3.05, 3.63) is 12.2 Å². The van der Waals surface area contributed by atoms with Crippen LogP contribution in [0.4, 0.5) is 0 Å². The summed E-state index contributed by atoms with van der Waals surface area (Å²) in [5.41, 5.74) is 0.190. The molecule has 1 rings (SSSR count). The van der Waals surface area contributed by atoms with Crippen LogP contribution in [0.1, 0.15) is 45.4 Å². The molecule has 0 radical (unpaired) electrons. The van der Waals surface area contributed by atoms with Crippen molar-refractivity contribution in [2.45, 2.75) is 51.6 Å². The highest BCUT2D eigenvalue weighted by Crippen LogP contribution is 2.19. The standard InChI is InChI=1S/C15H22O6/c1-11(2)15(18)20-9-13(16)19-10-14(17)21-12-7-5-3-4-6-8-12/h12H,1,3-10H2,2H3. The van der Waals surface area contributed by atoms with Crippen LogP contribution in [0.25, 0.3) is 0 Å². The first-order chi connectivity index (χ1) is 9.99. The van der Waals surface area contributed by atoms with Crippen LogP contribution < -0.4 is 0 Å². The Morgan fingerprint density at radius 2 is 1.52 bits per heavy atom. The number of hydrogen-bond donors (Lipinski definition) is 0. The van der Waals surface area contributed by atoms with E-state index < -0.39 is 31.1 Å². The Morgan fingerprint density at radius 3 is 2.10 bits per heavy atom. The third-order valence-corrected chi connectivity index (χ3v) is 3.12. The maximum absolute atomic E-state index is 11.6. The third kappa shape index (κ3) is 7.48. The van der Waals surface area contributed by atoms with Gasteiger partial charge in [-0.05, 0) is 32.6 Å². The smallest absolute Gasteiger partial charge is 0.344 e. The minimum Gasteiger partial charge on any atom is -0.460 e. The fourth-order valence-corrected chi connectivity index (χ4v) is 2.01. The summed E-state index contributed by atoms with van der Waals surface area (Å²) in [7, 11) is 0. The van der Waals surface area contributed by atoms with E-state index in [4.69, 9.17) is 4.74 Å². The lowest BCUT2D eigenvalue weighted by Crippen LogP contribution is -2.24. The van der Waals surface area contributed by atoms with E-state index >= 15 is 0 Å². The molecule has 1 aliphatic rings. The minimum atomic E-state index is -0.789. The van der Waals surface area contributed by atoms with Gasteiger partial charge in [-0.15, -0.1) is 0 Å². The van der Waals surface area contributed by atoms with E-state index in [1.807, 2.05) is 0 Å². The first kappa shape index (κ1) is 17.2. The van der Waals surface area contributed by atoms with Crippen molar-refractivity contribution < 1.29 is 28.6 Å². The van der Waals surface area contributed by atoms with Gasteiger partial charge in [0.1, 0.15) is 6.10 Å². The Hall–Kier alpha value is -1.85. The van der Waals surface area contributed by atoms with Crippen LogP contribution in [0, 0.1) is 0 Å². The second-order valence-electron chi connectivity index (χ2n) is 5.12. The number of ether oxygens (including phenoxy) is 3. The van der Waals surface area contributed by atoms with Crippen LogP contribution in [-0.4, -0.2) is 37.2 Å². The Balaban J connectivity index is 2.18. The quantitative estimate of drug-likeness (QED) is 0.322. The molecule has 0 aromatic rings.